The number of nitrogens with two attached hydrogens (primary N) is 1. The maximum absolute atomic E-state index is 16.0. The quantitative estimate of drug-likeness (QED) is 0.0574. The number of rotatable bonds is 10. The zero-order chi connectivity index (χ0) is 70.8. The number of nitrogens with one attached hydrogen (secondary N) is 6. The van der Waals surface area contributed by atoms with Crippen LogP contribution in [0.5, 0.6) is 69.0 Å². The minimum absolute atomic E-state index is 0.112. The van der Waals surface area contributed by atoms with E-state index >= 15 is 28.8 Å². The molecule has 7 aliphatic rings. The Morgan fingerprint density at radius 1 is 0.510 bits per heavy atom. The van der Waals surface area contributed by atoms with Crippen LogP contribution in [-0.4, -0.2) is 132 Å². The summed E-state index contributed by atoms with van der Waals surface area (Å²) in [6.45, 7) is 4.29. The van der Waals surface area contributed by atoms with Gasteiger partial charge in [0, 0.05) is 55.9 Å². The van der Waals surface area contributed by atoms with Gasteiger partial charge in [-0.25, -0.2) is 0 Å². The van der Waals surface area contributed by atoms with E-state index in [1.165, 1.54) is 103 Å². The number of halogens is 2. The van der Waals surface area contributed by atoms with Gasteiger partial charge in [-0.15, -0.1) is 0 Å². The summed E-state index contributed by atoms with van der Waals surface area (Å²) in [6, 6.07) is 9.87. The molecule has 0 aliphatic carbocycles. The van der Waals surface area contributed by atoms with Crippen LogP contribution in [0.25, 0.3) is 11.1 Å². The van der Waals surface area contributed by atoms with Crippen molar-refractivity contribution in [2.24, 2.45) is 5.73 Å². The summed E-state index contributed by atoms with van der Waals surface area (Å²) >= 11 is 13.9. The number of nitrogens with zero attached hydrogens (tertiary/aromatic N) is 2. The van der Waals surface area contributed by atoms with Crippen LogP contribution in [0.4, 0.5) is 0 Å². The van der Waals surface area contributed by atoms with Crippen molar-refractivity contribution in [1.82, 2.24) is 41.7 Å². The topological polar surface area (TPSA) is 393 Å². The van der Waals surface area contributed by atoms with Gasteiger partial charge in [0.2, 0.25) is 47.1 Å². The van der Waals surface area contributed by atoms with Gasteiger partial charge in [0.15, 0.2) is 23.0 Å². The number of hydrogen-bond acceptors (Lipinski definition) is 19. The molecule has 15 N–H and O–H groups in total. The largest absolute Gasteiger partial charge is 0.508 e. The van der Waals surface area contributed by atoms with E-state index in [0.717, 1.165) is 74.7 Å². The standard InChI is InChI=1S/C72H73Cl2N9O17/c1-2-3-4-5-6-7-8-9-18-82-19-21-83(22-20-82)72(97)62-45-33-42(85)34-51(88)57(45)44-27-37(12-14-49(44)86)59-68(93)81-63(71(96)80-62)64(89)38-13-17-53(47(74)28-38)100-56-31-40-30-55(65(56)90)99-52-16-10-35(23-46(52)73)24-48-66(91)77-60(69(94)79-61(40)70(95)78-59)39-25-41(84)32-43(26-39)98-54-29-36(11-15-50(54)87)58(75)67(92)76-48/h10-17,23,25-34,48,58-64,84-90H,2-9,18-22,24,75H2,1H3,(H,76,92)(H,77,91)(H,78,95)(H,79,94)(H,80,96)(H,81,93)/t48-,58-,59-,60+,61-,62+,63+,64-/m1/s1. The lowest BCUT2D eigenvalue weighted by molar-refractivity contribution is -0.140. The summed E-state index contributed by atoms with van der Waals surface area (Å²) in [4.78, 5) is 111. The molecule has 26 nitrogen and oxygen atoms in total. The molecule has 14 rings (SSSR count). The molecule has 0 aromatic heterocycles. The van der Waals surface area contributed by atoms with Gasteiger partial charge in [-0.05, 0) is 131 Å². The van der Waals surface area contributed by atoms with Gasteiger partial charge < -0.3 is 92.5 Å². The number of carbonyl (C=O) groups excluding carboxylic acids is 7. The first-order valence-corrected chi connectivity index (χ1v) is 33.6. The van der Waals surface area contributed by atoms with E-state index in [4.69, 9.17) is 43.1 Å². The Kier molecular flexibility index (Phi) is 20.5. The average Bonchev–Trinajstić information content (AvgIpc) is 0.766. The highest BCUT2D eigenvalue weighted by atomic mass is 35.5. The van der Waals surface area contributed by atoms with Gasteiger partial charge >= 0.3 is 0 Å². The van der Waals surface area contributed by atoms with E-state index in [1.807, 2.05) is 0 Å². The number of ether oxygens (including phenoxy) is 3. The van der Waals surface area contributed by atoms with Gasteiger partial charge in [0.25, 0.3) is 0 Å². The smallest absolute Gasteiger partial charge is 0.249 e. The Morgan fingerprint density at radius 2 is 1.09 bits per heavy atom. The Balaban J connectivity index is 0.991. The molecule has 7 heterocycles. The third-order valence-electron chi connectivity index (χ3n) is 18.5. The number of aliphatic hydroxyl groups is 1. The summed E-state index contributed by atoms with van der Waals surface area (Å²) in [5.74, 6) is -13.0. The minimum Gasteiger partial charge on any atom is -0.508 e. The molecule has 0 spiro atoms. The second kappa shape index (κ2) is 29.5. The van der Waals surface area contributed by atoms with Gasteiger partial charge in [0.1, 0.15) is 88.6 Å². The van der Waals surface area contributed by atoms with Crippen molar-refractivity contribution >= 4 is 64.6 Å². The van der Waals surface area contributed by atoms with Crippen molar-refractivity contribution in [3.63, 3.8) is 0 Å². The highest BCUT2D eigenvalue weighted by Crippen LogP contribution is 2.48. The Hall–Kier alpha value is -10.5. The molecule has 522 valence electrons. The predicted molar refractivity (Wildman–Crippen MR) is 363 cm³/mol. The SMILES string of the molecule is CCCCCCCCCCN1CCN(C(=O)[C@H]2NC(=O)[C@H]3NC(=O)[C@H](NC(=O)[C@@H]4NC(=O)[C@H]5NC(=O)[C@@H](Cc6ccc(c(Cl)c6)Oc6cc4cc(c6O)Oc4ccc(cc4Cl)[C@H]3O)NC(=O)[C@H](N)c3ccc(O)c(c3)Oc3cc(O)cc5c3)c3ccc(O)c(c3)-c3c(O)cc(O)cc32)CC1. The fourth-order valence-electron chi connectivity index (χ4n) is 13.1. The number of amides is 7. The van der Waals surface area contributed by atoms with E-state index in [9.17, 15) is 40.5 Å². The van der Waals surface area contributed by atoms with Gasteiger partial charge in [-0.1, -0.05) is 99.3 Å². The van der Waals surface area contributed by atoms with Crippen molar-refractivity contribution in [2.45, 2.75) is 113 Å². The van der Waals surface area contributed by atoms with Crippen molar-refractivity contribution in [2.75, 3.05) is 32.7 Å². The second-order valence-electron chi connectivity index (χ2n) is 25.4. The highest BCUT2D eigenvalue weighted by Gasteiger charge is 2.42. The van der Waals surface area contributed by atoms with Gasteiger partial charge in [-0.3, -0.25) is 38.5 Å². The monoisotopic (exact) mass is 1410 g/mol. The molecule has 7 aliphatic heterocycles. The number of aliphatic hydroxyl groups excluding tert-OH is 1. The van der Waals surface area contributed by atoms with Crippen molar-refractivity contribution in [3.05, 3.63) is 164 Å². The Bertz CT molecular complexity index is 4400. The lowest BCUT2D eigenvalue weighted by Gasteiger charge is -2.37. The molecule has 7 aromatic carbocycles. The predicted octanol–water partition coefficient (Wildman–Crippen LogP) is 8.19. The molecule has 7 amide bonds. The molecular formula is C72H73Cl2N9O17. The molecule has 0 radical (unpaired) electrons. The normalized spacial score (nSPS) is 21.7. The number of fused-ring (bicyclic) bond motifs is 14. The van der Waals surface area contributed by atoms with Gasteiger partial charge in [-0.2, -0.15) is 0 Å². The van der Waals surface area contributed by atoms with E-state index in [0.29, 0.717) is 18.7 Å². The van der Waals surface area contributed by atoms with Crippen LogP contribution in [0.3, 0.4) is 0 Å². The molecule has 7 aromatic rings. The third-order valence-corrected chi connectivity index (χ3v) is 19.0. The van der Waals surface area contributed by atoms with Gasteiger partial charge in [0.05, 0.1) is 10.0 Å². The van der Waals surface area contributed by atoms with Crippen LogP contribution in [-0.2, 0) is 40.0 Å². The molecule has 100 heavy (non-hydrogen) atoms. The fourth-order valence-corrected chi connectivity index (χ4v) is 13.5. The molecule has 0 saturated carbocycles. The Morgan fingerprint density at radius 3 is 1.77 bits per heavy atom. The summed E-state index contributed by atoms with van der Waals surface area (Å²) in [7, 11) is 0. The number of hydrogen-bond donors (Lipinski definition) is 14. The molecule has 1 fully saturated rings. The van der Waals surface area contributed by atoms with E-state index in [1.54, 1.807) is 0 Å². The molecule has 0 unspecified atom stereocenters. The van der Waals surface area contributed by atoms with E-state index in [-0.39, 0.29) is 97.1 Å². The van der Waals surface area contributed by atoms with Crippen LogP contribution >= 0.6 is 23.2 Å². The molecular weight excluding hydrogens is 1330 g/mol. The number of unbranched alkanes of at least 4 members (excludes halogenated alkanes) is 7. The number of benzene rings is 7. The average molecular weight is 1410 g/mol. The van der Waals surface area contributed by atoms with Crippen molar-refractivity contribution in [1.29, 1.82) is 0 Å². The molecule has 8 atom stereocenters. The number of aromatic hydroxyl groups is 6. The number of phenols is 6. The summed E-state index contributed by atoms with van der Waals surface area (Å²) in [6.07, 6.45) is 6.67. The first-order valence-electron chi connectivity index (χ1n) is 32.8. The summed E-state index contributed by atoms with van der Waals surface area (Å²) < 4.78 is 18.7. The number of phenolic OH excluding ortho intramolecular Hbond substituents is 6. The fraction of sp³-hybridized carbons (Fsp3) is 0.319. The van der Waals surface area contributed by atoms with E-state index in [2.05, 4.69) is 43.7 Å². The summed E-state index contributed by atoms with van der Waals surface area (Å²) in [5, 5.41) is 97.7. The van der Waals surface area contributed by atoms with E-state index < -0.39 is 136 Å². The first kappa shape index (κ1) is 69.4. The van der Waals surface area contributed by atoms with Crippen LogP contribution < -0.4 is 51.8 Å². The zero-order valence-electron chi connectivity index (χ0n) is 53.9. The molecule has 28 heteroatoms. The maximum Gasteiger partial charge on any atom is 0.249 e. The number of carbonyl (C=O) groups is 7. The third kappa shape index (κ3) is 14.9. The maximum atomic E-state index is 16.0. The zero-order valence-corrected chi connectivity index (χ0v) is 55.4. The first-order chi connectivity index (χ1) is 48.0. The second-order valence-corrected chi connectivity index (χ2v) is 26.2. The lowest BCUT2D eigenvalue weighted by atomic mass is 9.89. The van der Waals surface area contributed by atoms with Crippen molar-refractivity contribution < 1.29 is 83.5 Å². The Labute approximate surface area is 582 Å². The lowest BCUT2D eigenvalue weighted by Crippen LogP contribution is -2.57. The van der Waals surface area contributed by atoms with Crippen LogP contribution in [0.2, 0.25) is 10.0 Å². The van der Waals surface area contributed by atoms with Crippen LogP contribution in [0, 0.1) is 0 Å². The highest BCUT2D eigenvalue weighted by molar-refractivity contribution is 6.32. The molecule has 1 saturated heterocycles. The minimum atomic E-state index is -2.15. The molecule has 17 bridgehead atoms. The van der Waals surface area contributed by atoms with Crippen molar-refractivity contribution in [3.8, 4) is 80.1 Å². The summed E-state index contributed by atoms with van der Waals surface area (Å²) in [5.41, 5.74) is 5.27. The number of piperazine rings is 1. The van der Waals surface area contributed by atoms with Crippen LogP contribution in [0.1, 0.15) is 134 Å². The van der Waals surface area contributed by atoms with Crippen LogP contribution in [0.15, 0.2) is 115 Å².